The summed E-state index contributed by atoms with van der Waals surface area (Å²) in [5.41, 5.74) is 0. The Balaban J connectivity index is -0.00000000333. The van der Waals surface area contributed by atoms with Crippen LogP contribution in [0.4, 0.5) is 0 Å². The fourth-order valence-electron chi connectivity index (χ4n) is 0. The van der Waals surface area contributed by atoms with Crippen molar-refractivity contribution < 1.29 is 53.8 Å². The zero-order valence-corrected chi connectivity index (χ0v) is 10.2. The van der Waals surface area contributed by atoms with Crippen LogP contribution in [-0.2, 0) is 53.8 Å². The molecule has 0 aromatic carbocycles. The van der Waals surface area contributed by atoms with Gasteiger partial charge in [0.05, 0.1) is 0 Å². The van der Waals surface area contributed by atoms with E-state index in [9.17, 15) is 0 Å². The van der Waals surface area contributed by atoms with Crippen LogP contribution >= 0.6 is 0 Å². The second-order valence-corrected chi connectivity index (χ2v) is 0.500. The van der Waals surface area contributed by atoms with Crippen molar-refractivity contribution in [3.63, 3.8) is 0 Å². The second kappa shape index (κ2) is 46.1. The fourth-order valence-corrected chi connectivity index (χ4v) is 0. The van der Waals surface area contributed by atoms with Crippen LogP contribution in [0.25, 0.3) is 0 Å². The summed E-state index contributed by atoms with van der Waals surface area (Å²) in [6, 6.07) is 0. The van der Waals surface area contributed by atoms with Gasteiger partial charge in [0.15, 0.2) is 0 Å². The molecule has 0 aliphatic heterocycles. The van der Waals surface area contributed by atoms with Gasteiger partial charge in [-0.05, 0) is 0 Å². The number of hydrogen-bond donors (Lipinski definition) is 0. The van der Waals surface area contributed by atoms with Gasteiger partial charge in [-0.1, -0.05) is 14.4 Å². The molecule has 0 rings (SSSR count). The van der Waals surface area contributed by atoms with E-state index in [4.69, 9.17) is 0 Å². The SMILES string of the molecule is C.[CH2-]CC.[CH3-].[W].[Y]. The summed E-state index contributed by atoms with van der Waals surface area (Å²) < 4.78 is 0. The first-order chi connectivity index (χ1) is 1.41. The van der Waals surface area contributed by atoms with Gasteiger partial charge in [0.1, 0.15) is 0 Å². The van der Waals surface area contributed by atoms with Crippen molar-refractivity contribution >= 4 is 0 Å². The third-order valence-electron chi connectivity index (χ3n) is 0. The molecule has 0 saturated carbocycles. The Kier molecular flexibility index (Phi) is 245. The number of rotatable bonds is 0. The first-order valence-electron chi connectivity index (χ1n) is 1.21. The van der Waals surface area contributed by atoms with Crippen molar-refractivity contribution in [2.45, 2.75) is 20.8 Å². The van der Waals surface area contributed by atoms with Gasteiger partial charge in [-0.3, -0.25) is 0 Å². The molecule has 2 heteroatoms. The van der Waals surface area contributed by atoms with Crippen LogP contribution in [-0.4, -0.2) is 0 Å². The third kappa shape index (κ3) is 81.4. The summed E-state index contributed by atoms with van der Waals surface area (Å²) in [6.45, 7) is 5.50. The normalized spacial score (nSPS) is 2.57. The first-order valence-corrected chi connectivity index (χ1v) is 1.21. The predicted molar refractivity (Wildman–Crippen MR) is 28.8 cm³/mol. The molecule has 0 unspecified atom stereocenters. The molecule has 0 bridgehead atoms. The maximum absolute atomic E-state index is 3.49. The Labute approximate surface area is 88.0 Å². The molecule has 0 amide bonds. The molecule has 0 spiro atoms. The Morgan fingerprint density at radius 3 is 1.43 bits per heavy atom. The van der Waals surface area contributed by atoms with Crippen LogP contribution in [0.5, 0.6) is 0 Å². The molecule has 0 aromatic rings. The third-order valence-corrected chi connectivity index (χ3v) is 0. The quantitative estimate of drug-likeness (QED) is 0.590. The molecule has 0 atom stereocenters. The molecule has 0 N–H and O–H groups in total. The average molecular weight is 347 g/mol. The zero-order valence-electron chi connectivity index (χ0n) is 4.40. The van der Waals surface area contributed by atoms with Crippen LogP contribution in [0.1, 0.15) is 20.8 Å². The van der Waals surface area contributed by atoms with E-state index in [1.54, 1.807) is 0 Å². The van der Waals surface area contributed by atoms with Crippen LogP contribution in [0.2, 0.25) is 0 Å². The first kappa shape index (κ1) is 37.1. The Morgan fingerprint density at radius 1 is 1.43 bits per heavy atom. The monoisotopic (exact) mass is 347 g/mol. The van der Waals surface area contributed by atoms with E-state index >= 15 is 0 Å². The van der Waals surface area contributed by atoms with E-state index in [1.165, 1.54) is 0 Å². The largest absolute Gasteiger partial charge is 0.358 e. The van der Waals surface area contributed by atoms with E-state index < -0.39 is 0 Å². The molecule has 0 aromatic heterocycles. The van der Waals surface area contributed by atoms with Gasteiger partial charge in [0, 0.05) is 53.8 Å². The van der Waals surface area contributed by atoms with Gasteiger partial charge in [-0.15, -0.1) is 0 Å². The topological polar surface area (TPSA) is 0 Å². The fraction of sp³-hybridized carbons (Fsp3) is 0.600. The smallest absolute Gasteiger partial charge is 0 e. The van der Waals surface area contributed by atoms with Crippen molar-refractivity contribution in [1.82, 2.24) is 0 Å². The number of hydrogen-bond acceptors (Lipinski definition) is 0. The zero-order chi connectivity index (χ0) is 2.71. The van der Waals surface area contributed by atoms with Crippen LogP contribution < -0.4 is 0 Å². The van der Waals surface area contributed by atoms with Crippen molar-refractivity contribution in [3.8, 4) is 0 Å². The van der Waals surface area contributed by atoms with Gasteiger partial charge in [0.25, 0.3) is 0 Å². The second-order valence-electron chi connectivity index (χ2n) is 0.500. The minimum Gasteiger partial charge on any atom is -0.358 e. The van der Waals surface area contributed by atoms with E-state index in [0.717, 1.165) is 6.42 Å². The van der Waals surface area contributed by atoms with Gasteiger partial charge < -0.3 is 14.4 Å². The van der Waals surface area contributed by atoms with Crippen LogP contribution in [0.15, 0.2) is 0 Å². The van der Waals surface area contributed by atoms with Crippen LogP contribution in [0.3, 0.4) is 0 Å². The van der Waals surface area contributed by atoms with Gasteiger partial charge >= 0.3 is 0 Å². The maximum Gasteiger partial charge on any atom is 0 e. The summed E-state index contributed by atoms with van der Waals surface area (Å²) in [4.78, 5) is 0. The Morgan fingerprint density at radius 2 is 1.43 bits per heavy atom. The van der Waals surface area contributed by atoms with E-state index in [1.807, 2.05) is 6.92 Å². The summed E-state index contributed by atoms with van der Waals surface area (Å²) in [7, 11) is 0. The molecule has 0 fully saturated rings. The summed E-state index contributed by atoms with van der Waals surface area (Å²) in [5.74, 6) is 0. The Bertz CT molecular complexity index is 8.04. The van der Waals surface area contributed by atoms with Gasteiger partial charge in [0.2, 0.25) is 0 Å². The summed E-state index contributed by atoms with van der Waals surface area (Å²) >= 11 is 0. The minimum atomic E-state index is 0. The van der Waals surface area contributed by atoms with E-state index in [2.05, 4.69) is 6.92 Å². The molecular formula is C5H14WY-2. The van der Waals surface area contributed by atoms with Crippen molar-refractivity contribution in [1.29, 1.82) is 0 Å². The molecule has 45 valence electrons. The molecule has 7 heavy (non-hydrogen) atoms. The van der Waals surface area contributed by atoms with Crippen molar-refractivity contribution in [3.05, 3.63) is 14.4 Å². The maximum atomic E-state index is 3.49. The predicted octanol–water partition coefficient (Wildman–Crippen LogP) is 2.31. The van der Waals surface area contributed by atoms with E-state index in [-0.39, 0.29) is 68.6 Å². The molecule has 0 saturated heterocycles. The Hall–Kier alpha value is 1.79. The van der Waals surface area contributed by atoms with Crippen molar-refractivity contribution in [2.75, 3.05) is 0 Å². The van der Waals surface area contributed by atoms with Crippen molar-refractivity contribution in [2.24, 2.45) is 0 Å². The summed E-state index contributed by atoms with van der Waals surface area (Å²) in [5, 5.41) is 0. The molecule has 0 heterocycles. The van der Waals surface area contributed by atoms with Crippen LogP contribution in [0, 0.1) is 14.4 Å². The molecule has 0 aliphatic carbocycles. The van der Waals surface area contributed by atoms with Gasteiger partial charge in [-0.2, -0.15) is 6.42 Å². The summed E-state index contributed by atoms with van der Waals surface area (Å²) in [6.07, 6.45) is 1.00. The standard InChI is InChI=1S/C3H7.CH4.CH3.W.Y/c1-3-2;;;;/h1,3H2,2H3;1H4;1H3;;/q-1;;-1;;. The molecule has 1 radical (unpaired) electrons. The molecule has 0 aliphatic rings. The molecular weight excluding hydrogens is 333 g/mol. The van der Waals surface area contributed by atoms with Gasteiger partial charge in [-0.25, -0.2) is 0 Å². The van der Waals surface area contributed by atoms with E-state index in [0.29, 0.717) is 0 Å². The molecule has 0 nitrogen and oxygen atoms in total. The average Bonchev–Trinajstić information content (AvgIpc) is 0.918. The minimum absolute atomic E-state index is 0.